The quantitative estimate of drug-likeness (QED) is 0.536. The number of amides is 3. The van der Waals surface area contributed by atoms with Gasteiger partial charge in [0, 0.05) is 37.8 Å². The number of pyridine rings is 1. The molecule has 0 spiro atoms. The molecule has 0 saturated carbocycles. The molecule has 10 nitrogen and oxygen atoms in total. The maximum atomic E-state index is 12.5. The number of aromatic nitrogens is 4. The van der Waals surface area contributed by atoms with Crippen LogP contribution in [0, 0.1) is 11.3 Å². The van der Waals surface area contributed by atoms with Gasteiger partial charge in [-0.15, -0.1) is 0 Å². The molecule has 2 aliphatic rings. The van der Waals surface area contributed by atoms with Crippen molar-refractivity contribution >= 4 is 35.4 Å². The number of ether oxygens (including phenoxy) is 1. The number of H-pyrrole nitrogens is 1. The minimum absolute atomic E-state index is 0.138. The molecule has 0 aliphatic carbocycles. The molecule has 0 aromatic carbocycles. The molecular formula is C21H26N6O4S. The second kappa shape index (κ2) is 9.27. The molecule has 0 bridgehead atoms. The topological polar surface area (TPSA) is 121 Å². The van der Waals surface area contributed by atoms with E-state index in [9.17, 15) is 14.4 Å². The van der Waals surface area contributed by atoms with Crippen molar-refractivity contribution in [1.82, 2.24) is 25.1 Å². The van der Waals surface area contributed by atoms with Crippen LogP contribution in [0.25, 0.3) is 0 Å². The van der Waals surface area contributed by atoms with Gasteiger partial charge in [0.15, 0.2) is 5.16 Å². The summed E-state index contributed by atoms with van der Waals surface area (Å²) in [6, 6.07) is 3.09. The highest BCUT2D eigenvalue weighted by molar-refractivity contribution is 7.99. The summed E-state index contributed by atoms with van der Waals surface area (Å²) in [5.41, 5.74) is 0.0516. The van der Waals surface area contributed by atoms with Gasteiger partial charge in [0.1, 0.15) is 6.33 Å². The number of nitrogens with one attached hydrogen (secondary N) is 1. The number of likely N-dealkylation sites (tertiary alicyclic amines) is 1. The molecule has 2 saturated heterocycles. The summed E-state index contributed by atoms with van der Waals surface area (Å²) in [5, 5.41) is 7.48. The summed E-state index contributed by atoms with van der Waals surface area (Å²) in [5.74, 6) is 1.06. The normalized spacial score (nSPS) is 19.3. The molecule has 0 unspecified atom stereocenters. The van der Waals surface area contributed by atoms with Gasteiger partial charge < -0.3 is 9.64 Å². The van der Waals surface area contributed by atoms with Crippen LogP contribution >= 0.6 is 11.8 Å². The van der Waals surface area contributed by atoms with Gasteiger partial charge in [0.25, 0.3) is 0 Å². The number of imide groups is 1. The van der Waals surface area contributed by atoms with E-state index in [2.05, 4.69) is 20.2 Å². The number of nitrogens with zero attached hydrogens (tertiary/aromatic N) is 5. The van der Waals surface area contributed by atoms with Gasteiger partial charge in [0.05, 0.1) is 11.9 Å². The van der Waals surface area contributed by atoms with Gasteiger partial charge in [-0.1, -0.05) is 25.6 Å². The highest BCUT2D eigenvalue weighted by Crippen LogP contribution is 2.34. The number of anilines is 1. The fourth-order valence-corrected chi connectivity index (χ4v) is 4.89. The van der Waals surface area contributed by atoms with E-state index >= 15 is 0 Å². The van der Waals surface area contributed by atoms with Crippen LogP contribution in [-0.4, -0.2) is 61.8 Å². The standard InChI is InChI=1S/C21H26N6O4S/c1-21(2)9-17(28)27(18(29)10-21)15-3-4-16(22-11-15)31-20(30)26-7-5-14(6-8-26)12-32-19-23-13-24-25-19/h3-4,11,13-14H,5-10,12H2,1-2H3,(H,23,24,25). The SMILES string of the molecule is CC1(C)CC(=O)N(c2ccc(OC(=O)N3CCC(CSc4ncn[nH]4)CC3)nc2)C(=O)C1. The van der Waals surface area contributed by atoms with Gasteiger partial charge in [-0.25, -0.2) is 19.7 Å². The first-order valence-electron chi connectivity index (χ1n) is 10.6. The Morgan fingerprint density at radius 3 is 2.50 bits per heavy atom. The van der Waals surface area contributed by atoms with Crippen molar-refractivity contribution in [3.05, 3.63) is 24.7 Å². The molecule has 2 aromatic rings. The number of hydrogen-bond acceptors (Lipinski definition) is 8. The second-order valence-electron chi connectivity index (χ2n) is 8.90. The van der Waals surface area contributed by atoms with Crippen LogP contribution in [0.4, 0.5) is 10.5 Å². The predicted octanol–water partition coefficient (Wildman–Crippen LogP) is 2.88. The summed E-state index contributed by atoms with van der Waals surface area (Å²) in [6.45, 7) is 5.04. The summed E-state index contributed by atoms with van der Waals surface area (Å²) in [4.78, 5) is 48.4. The molecule has 2 fully saturated rings. The van der Waals surface area contributed by atoms with Crippen molar-refractivity contribution in [1.29, 1.82) is 0 Å². The third-order valence-electron chi connectivity index (χ3n) is 5.65. The number of piperidine rings is 2. The van der Waals surface area contributed by atoms with Crippen LogP contribution in [-0.2, 0) is 9.59 Å². The second-order valence-corrected chi connectivity index (χ2v) is 9.90. The number of rotatable bonds is 5. The van der Waals surface area contributed by atoms with Gasteiger partial charge in [-0.2, -0.15) is 5.10 Å². The average molecular weight is 459 g/mol. The monoisotopic (exact) mass is 458 g/mol. The molecule has 4 heterocycles. The van der Waals surface area contributed by atoms with Gasteiger partial charge in [-0.3, -0.25) is 14.7 Å². The van der Waals surface area contributed by atoms with E-state index in [1.807, 2.05) is 13.8 Å². The Morgan fingerprint density at radius 1 is 1.19 bits per heavy atom. The molecule has 1 N–H and O–H groups in total. The lowest BCUT2D eigenvalue weighted by molar-refractivity contribution is -0.132. The van der Waals surface area contributed by atoms with Crippen LogP contribution in [0.5, 0.6) is 5.88 Å². The van der Waals surface area contributed by atoms with Crippen molar-refractivity contribution in [2.24, 2.45) is 11.3 Å². The minimum atomic E-state index is -0.446. The zero-order chi connectivity index (χ0) is 22.7. The Bertz CT molecular complexity index is 951. The summed E-state index contributed by atoms with van der Waals surface area (Å²) in [6.07, 6.45) is 4.80. The molecule has 11 heteroatoms. The van der Waals surface area contributed by atoms with Crippen molar-refractivity contribution in [2.75, 3.05) is 23.7 Å². The molecule has 0 radical (unpaired) electrons. The van der Waals surface area contributed by atoms with Crippen molar-refractivity contribution in [3.8, 4) is 5.88 Å². The highest BCUT2D eigenvalue weighted by Gasteiger charge is 2.38. The molecular weight excluding hydrogens is 432 g/mol. The number of thioether (sulfide) groups is 1. The molecule has 2 aromatic heterocycles. The van der Waals surface area contributed by atoms with Crippen molar-refractivity contribution in [2.45, 2.75) is 44.7 Å². The third-order valence-corrected chi connectivity index (χ3v) is 6.76. The first-order chi connectivity index (χ1) is 15.3. The zero-order valence-electron chi connectivity index (χ0n) is 18.1. The number of carbonyl (C=O) groups is 3. The fraction of sp³-hybridized carbons (Fsp3) is 0.524. The Balaban J connectivity index is 1.27. The average Bonchev–Trinajstić information content (AvgIpc) is 3.26. The molecule has 2 aliphatic heterocycles. The van der Waals surface area contributed by atoms with Crippen molar-refractivity contribution in [3.63, 3.8) is 0 Å². The highest BCUT2D eigenvalue weighted by atomic mass is 32.2. The Kier molecular flexibility index (Phi) is 6.45. The lowest BCUT2D eigenvalue weighted by Gasteiger charge is -2.34. The maximum Gasteiger partial charge on any atom is 0.416 e. The predicted molar refractivity (Wildman–Crippen MR) is 117 cm³/mol. The first-order valence-corrected chi connectivity index (χ1v) is 11.6. The van der Waals surface area contributed by atoms with E-state index in [4.69, 9.17) is 4.74 Å². The number of aromatic amines is 1. The van der Waals surface area contributed by atoms with Crippen LogP contribution in [0.3, 0.4) is 0 Å². The van der Waals surface area contributed by atoms with Crippen LogP contribution in [0.1, 0.15) is 39.5 Å². The van der Waals surface area contributed by atoms with E-state index in [0.29, 0.717) is 37.5 Å². The van der Waals surface area contributed by atoms with Gasteiger partial charge >= 0.3 is 6.09 Å². The number of carbonyl (C=O) groups excluding carboxylic acids is 3. The molecule has 4 rings (SSSR count). The van der Waals surface area contributed by atoms with Gasteiger partial charge in [-0.05, 0) is 30.2 Å². The fourth-order valence-electron chi connectivity index (χ4n) is 3.93. The molecule has 32 heavy (non-hydrogen) atoms. The first kappa shape index (κ1) is 22.3. The summed E-state index contributed by atoms with van der Waals surface area (Å²) in [7, 11) is 0. The van der Waals surface area contributed by atoms with Crippen molar-refractivity contribution < 1.29 is 19.1 Å². The van der Waals surface area contributed by atoms with Gasteiger partial charge in [0.2, 0.25) is 17.7 Å². The smallest absolute Gasteiger partial charge is 0.391 e. The van der Waals surface area contributed by atoms with E-state index in [-0.39, 0.29) is 23.1 Å². The Labute approximate surface area is 190 Å². The van der Waals surface area contributed by atoms with E-state index in [1.165, 1.54) is 18.6 Å². The molecule has 0 atom stereocenters. The molecule has 3 amide bonds. The number of hydrogen-bond donors (Lipinski definition) is 1. The van der Waals surface area contributed by atoms with E-state index in [0.717, 1.165) is 28.7 Å². The van der Waals surface area contributed by atoms with E-state index < -0.39 is 6.09 Å². The third kappa shape index (κ3) is 5.26. The Hall–Kier alpha value is -2.95. The van der Waals surface area contributed by atoms with Crippen LogP contribution in [0.2, 0.25) is 0 Å². The Morgan fingerprint density at radius 2 is 1.91 bits per heavy atom. The molecule has 170 valence electrons. The lowest BCUT2D eigenvalue weighted by Crippen LogP contribution is -2.46. The summed E-state index contributed by atoms with van der Waals surface area (Å²) < 4.78 is 5.40. The lowest BCUT2D eigenvalue weighted by atomic mass is 9.81. The minimum Gasteiger partial charge on any atom is -0.391 e. The summed E-state index contributed by atoms with van der Waals surface area (Å²) >= 11 is 1.63. The zero-order valence-corrected chi connectivity index (χ0v) is 18.9. The largest absolute Gasteiger partial charge is 0.416 e. The van der Waals surface area contributed by atoms with Crippen LogP contribution < -0.4 is 9.64 Å². The maximum absolute atomic E-state index is 12.5. The van der Waals surface area contributed by atoms with Crippen LogP contribution in [0.15, 0.2) is 29.8 Å². The van der Waals surface area contributed by atoms with E-state index in [1.54, 1.807) is 22.7 Å².